The SMILES string of the molecule is Fc1cnc(N[C@H]2CC[C@@H](Oc3cc(N4CCOCC4)cc4nccnc34)CC2)nc1. The van der Waals surface area contributed by atoms with Gasteiger partial charge in [0.15, 0.2) is 5.82 Å². The van der Waals surface area contributed by atoms with Gasteiger partial charge in [0.2, 0.25) is 5.95 Å². The standard InChI is InChI=1S/C22H25FN6O2/c23-15-13-26-22(27-14-15)28-16-1-3-18(4-2-16)31-20-12-17(29-7-9-30-10-8-29)11-19-21(20)25-6-5-24-19/h5-6,11-14,16,18H,1-4,7-10H2,(H,26,27,28)/t16-,18+. The maximum Gasteiger partial charge on any atom is 0.222 e. The first-order valence-electron chi connectivity index (χ1n) is 10.7. The Kier molecular flexibility index (Phi) is 5.75. The number of fused-ring (bicyclic) bond motifs is 1. The predicted molar refractivity (Wildman–Crippen MR) is 115 cm³/mol. The van der Waals surface area contributed by atoms with Crippen molar-refractivity contribution in [1.29, 1.82) is 0 Å². The molecule has 0 bridgehead atoms. The second kappa shape index (κ2) is 8.97. The van der Waals surface area contributed by atoms with Crippen molar-refractivity contribution >= 4 is 22.7 Å². The van der Waals surface area contributed by atoms with E-state index in [1.165, 1.54) is 12.4 Å². The third-order valence-electron chi connectivity index (χ3n) is 5.82. The highest BCUT2D eigenvalue weighted by Gasteiger charge is 2.24. The summed E-state index contributed by atoms with van der Waals surface area (Å²) in [4.78, 5) is 19.3. The van der Waals surface area contributed by atoms with E-state index in [4.69, 9.17) is 9.47 Å². The van der Waals surface area contributed by atoms with Crippen molar-refractivity contribution in [1.82, 2.24) is 19.9 Å². The average Bonchev–Trinajstić information content (AvgIpc) is 2.82. The lowest BCUT2D eigenvalue weighted by molar-refractivity contribution is 0.122. The predicted octanol–water partition coefficient (Wildman–Crippen LogP) is 3.20. The molecule has 1 N–H and O–H groups in total. The van der Waals surface area contributed by atoms with Gasteiger partial charge in [-0.15, -0.1) is 0 Å². The number of ether oxygens (including phenoxy) is 2. The second-order valence-electron chi connectivity index (χ2n) is 7.93. The van der Waals surface area contributed by atoms with Crippen LogP contribution >= 0.6 is 0 Å². The third-order valence-corrected chi connectivity index (χ3v) is 5.82. The number of anilines is 2. The van der Waals surface area contributed by atoms with Crippen molar-refractivity contribution in [3.8, 4) is 5.75 Å². The monoisotopic (exact) mass is 424 g/mol. The first kappa shape index (κ1) is 19.9. The molecule has 0 radical (unpaired) electrons. The molecule has 0 amide bonds. The Morgan fingerprint density at radius 2 is 1.71 bits per heavy atom. The lowest BCUT2D eigenvalue weighted by Crippen LogP contribution is -2.36. The molecule has 0 atom stereocenters. The minimum atomic E-state index is -0.433. The molecule has 162 valence electrons. The molecule has 0 spiro atoms. The van der Waals surface area contributed by atoms with Gasteiger partial charge in [0, 0.05) is 43.3 Å². The molecule has 0 unspecified atom stereocenters. The van der Waals surface area contributed by atoms with Gasteiger partial charge in [0.1, 0.15) is 11.3 Å². The zero-order valence-corrected chi connectivity index (χ0v) is 17.2. The van der Waals surface area contributed by atoms with Crippen molar-refractivity contribution in [2.24, 2.45) is 0 Å². The number of nitrogens with zero attached hydrogens (tertiary/aromatic N) is 5. The molecular weight excluding hydrogens is 399 g/mol. The lowest BCUT2D eigenvalue weighted by atomic mass is 9.93. The van der Waals surface area contributed by atoms with Crippen LogP contribution in [0, 0.1) is 5.82 Å². The van der Waals surface area contributed by atoms with Crippen LogP contribution in [0.3, 0.4) is 0 Å². The fraction of sp³-hybridized carbons (Fsp3) is 0.455. The summed E-state index contributed by atoms with van der Waals surface area (Å²) in [6.07, 6.45) is 9.55. The Balaban J connectivity index is 1.27. The van der Waals surface area contributed by atoms with Gasteiger partial charge in [0.25, 0.3) is 0 Å². The van der Waals surface area contributed by atoms with Crippen LogP contribution in [0.4, 0.5) is 16.0 Å². The van der Waals surface area contributed by atoms with Crippen LogP contribution in [-0.4, -0.2) is 58.4 Å². The number of rotatable bonds is 5. The van der Waals surface area contributed by atoms with Gasteiger partial charge in [-0.1, -0.05) is 0 Å². The molecule has 31 heavy (non-hydrogen) atoms. The van der Waals surface area contributed by atoms with Gasteiger partial charge in [-0.05, 0) is 31.7 Å². The highest BCUT2D eigenvalue weighted by molar-refractivity contribution is 5.85. The average molecular weight is 424 g/mol. The zero-order valence-electron chi connectivity index (χ0n) is 17.2. The van der Waals surface area contributed by atoms with E-state index in [1.807, 2.05) is 0 Å². The molecule has 1 aliphatic carbocycles. The molecule has 5 rings (SSSR count). The number of hydrogen-bond acceptors (Lipinski definition) is 8. The summed E-state index contributed by atoms with van der Waals surface area (Å²) in [6, 6.07) is 4.41. The van der Waals surface area contributed by atoms with E-state index in [2.05, 4.69) is 42.3 Å². The van der Waals surface area contributed by atoms with E-state index in [0.717, 1.165) is 74.5 Å². The minimum Gasteiger partial charge on any atom is -0.488 e. The zero-order chi connectivity index (χ0) is 21.0. The van der Waals surface area contributed by atoms with Crippen molar-refractivity contribution in [3.05, 3.63) is 42.7 Å². The number of morpholine rings is 1. The van der Waals surface area contributed by atoms with Gasteiger partial charge in [-0.25, -0.2) is 19.3 Å². The van der Waals surface area contributed by atoms with Crippen LogP contribution in [0.2, 0.25) is 0 Å². The summed E-state index contributed by atoms with van der Waals surface area (Å²) < 4.78 is 24.9. The van der Waals surface area contributed by atoms with E-state index in [-0.39, 0.29) is 12.1 Å². The molecular formula is C22H25FN6O2. The van der Waals surface area contributed by atoms with Gasteiger partial charge < -0.3 is 19.7 Å². The number of nitrogens with one attached hydrogen (secondary N) is 1. The molecule has 3 heterocycles. The smallest absolute Gasteiger partial charge is 0.222 e. The summed E-state index contributed by atoms with van der Waals surface area (Å²) in [5.74, 6) is 0.813. The first-order chi connectivity index (χ1) is 15.2. The first-order valence-corrected chi connectivity index (χ1v) is 10.7. The highest BCUT2D eigenvalue weighted by Crippen LogP contribution is 2.33. The topological polar surface area (TPSA) is 85.3 Å². The molecule has 1 aliphatic heterocycles. The van der Waals surface area contributed by atoms with Crippen molar-refractivity contribution < 1.29 is 13.9 Å². The summed E-state index contributed by atoms with van der Waals surface area (Å²) in [6.45, 7) is 3.16. The van der Waals surface area contributed by atoms with Gasteiger partial charge >= 0.3 is 0 Å². The van der Waals surface area contributed by atoms with Crippen molar-refractivity contribution in [3.63, 3.8) is 0 Å². The van der Waals surface area contributed by atoms with E-state index in [9.17, 15) is 4.39 Å². The molecule has 2 fully saturated rings. The highest BCUT2D eigenvalue weighted by atomic mass is 19.1. The minimum absolute atomic E-state index is 0.109. The third kappa shape index (κ3) is 4.66. The Bertz CT molecular complexity index is 1020. The van der Waals surface area contributed by atoms with E-state index < -0.39 is 5.82 Å². The number of aromatic nitrogens is 4. The molecule has 1 aromatic carbocycles. The summed E-state index contributed by atoms with van der Waals surface area (Å²) in [7, 11) is 0. The molecule has 3 aromatic rings. The maximum atomic E-state index is 13.0. The molecule has 9 heteroatoms. The van der Waals surface area contributed by atoms with Crippen LogP contribution in [0.25, 0.3) is 11.0 Å². The Hall–Kier alpha value is -3.07. The molecule has 8 nitrogen and oxygen atoms in total. The Labute approximate surface area is 179 Å². The number of benzene rings is 1. The summed E-state index contributed by atoms with van der Waals surface area (Å²) >= 11 is 0. The summed E-state index contributed by atoms with van der Waals surface area (Å²) in [5, 5.41) is 3.29. The Morgan fingerprint density at radius 3 is 2.48 bits per heavy atom. The number of hydrogen-bond donors (Lipinski definition) is 1. The maximum absolute atomic E-state index is 13.0. The normalized spacial score (nSPS) is 21.8. The van der Waals surface area contributed by atoms with Gasteiger partial charge in [0.05, 0.1) is 37.2 Å². The van der Waals surface area contributed by atoms with Crippen molar-refractivity contribution in [2.45, 2.75) is 37.8 Å². The lowest BCUT2D eigenvalue weighted by Gasteiger charge is -2.31. The van der Waals surface area contributed by atoms with Crippen LogP contribution in [0.15, 0.2) is 36.9 Å². The van der Waals surface area contributed by atoms with Gasteiger partial charge in [-0.2, -0.15) is 0 Å². The molecule has 2 aromatic heterocycles. The summed E-state index contributed by atoms with van der Waals surface area (Å²) in [5.41, 5.74) is 2.72. The van der Waals surface area contributed by atoms with E-state index in [0.29, 0.717) is 5.95 Å². The molecule has 2 aliphatic rings. The number of halogens is 1. The fourth-order valence-corrected chi connectivity index (χ4v) is 4.20. The largest absolute Gasteiger partial charge is 0.488 e. The van der Waals surface area contributed by atoms with Crippen LogP contribution in [0.5, 0.6) is 5.75 Å². The Morgan fingerprint density at radius 1 is 0.968 bits per heavy atom. The van der Waals surface area contributed by atoms with Crippen molar-refractivity contribution in [2.75, 3.05) is 36.5 Å². The van der Waals surface area contributed by atoms with Gasteiger partial charge in [-0.3, -0.25) is 4.98 Å². The van der Waals surface area contributed by atoms with Crippen LogP contribution in [-0.2, 0) is 4.74 Å². The fourth-order valence-electron chi connectivity index (χ4n) is 4.20. The van der Waals surface area contributed by atoms with E-state index >= 15 is 0 Å². The molecule has 1 saturated carbocycles. The van der Waals surface area contributed by atoms with Crippen LogP contribution < -0.4 is 15.0 Å². The second-order valence-corrected chi connectivity index (χ2v) is 7.93. The quantitative estimate of drug-likeness (QED) is 0.668. The molecule has 1 saturated heterocycles. The van der Waals surface area contributed by atoms with E-state index in [1.54, 1.807) is 12.4 Å². The van der Waals surface area contributed by atoms with Crippen LogP contribution in [0.1, 0.15) is 25.7 Å².